The van der Waals surface area contributed by atoms with Gasteiger partial charge in [0.2, 0.25) is 5.91 Å². The third-order valence-electron chi connectivity index (χ3n) is 6.61. The molecule has 1 aliphatic carbocycles. The molecule has 170 valence electrons. The van der Waals surface area contributed by atoms with Crippen molar-refractivity contribution in [2.75, 3.05) is 6.54 Å². The maximum atomic E-state index is 13.0. The summed E-state index contributed by atoms with van der Waals surface area (Å²) in [6.45, 7) is 1.88. The highest BCUT2D eigenvalue weighted by atomic mass is 16.2. The molecule has 0 unspecified atom stereocenters. The average molecular weight is 441 g/mol. The first-order chi connectivity index (χ1) is 15.3. The van der Waals surface area contributed by atoms with E-state index in [4.69, 9.17) is 0 Å². The van der Waals surface area contributed by atoms with Crippen molar-refractivity contribution in [3.05, 3.63) is 35.9 Å². The molecule has 3 fully saturated rings. The van der Waals surface area contributed by atoms with Crippen molar-refractivity contribution < 1.29 is 24.0 Å². The Morgan fingerprint density at radius 2 is 1.69 bits per heavy atom. The zero-order valence-electron chi connectivity index (χ0n) is 18.0. The van der Waals surface area contributed by atoms with Crippen LogP contribution in [-0.4, -0.2) is 51.8 Å². The van der Waals surface area contributed by atoms with Gasteiger partial charge in [-0.2, -0.15) is 5.01 Å². The van der Waals surface area contributed by atoms with Crippen LogP contribution in [0.4, 0.5) is 9.59 Å². The molecule has 2 aliphatic heterocycles. The monoisotopic (exact) mass is 441 g/mol. The predicted molar refractivity (Wildman–Crippen MR) is 113 cm³/mol. The van der Waals surface area contributed by atoms with Gasteiger partial charge in [0, 0.05) is 13.0 Å². The second-order valence-corrected chi connectivity index (χ2v) is 8.51. The predicted octanol–water partition coefficient (Wildman–Crippen LogP) is 1.52. The molecule has 3 aliphatic rings. The molecule has 2 heterocycles. The maximum Gasteiger partial charge on any atom is 0.344 e. The van der Waals surface area contributed by atoms with E-state index in [1.165, 1.54) is 0 Å². The number of urea groups is 2. The molecule has 0 bridgehead atoms. The molecule has 0 radical (unpaired) electrons. The topological polar surface area (TPSA) is 128 Å². The molecule has 7 amide bonds. The molecule has 1 spiro atoms. The van der Waals surface area contributed by atoms with Gasteiger partial charge in [-0.05, 0) is 31.2 Å². The highest BCUT2D eigenvalue weighted by Crippen LogP contribution is 2.35. The summed E-state index contributed by atoms with van der Waals surface area (Å²) in [6, 6.07) is 7.74. The Hall–Kier alpha value is -3.43. The van der Waals surface area contributed by atoms with Crippen molar-refractivity contribution >= 4 is 29.8 Å². The first-order valence-corrected chi connectivity index (χ1v) is 11.0. The summed E-state index contributed by atoms with van der Waals surface area (Å²) in [5, 5.41) is 6.20. The van der Waals surface area contributed by atoms with Gasteiger partial charge in [0.05, 0.1) is 0 Å². The van der Waals surface area contributed by atoms with E-state index in [0.717, 1.165) is 17.7 Å². The van der Waals surface area contributed by atoms with Gasteiger partial charge < -0.3 is 10.6 Å². The minimum Gasteiger partial charge on any atom is -0.323 e. The Morgan fingerprint density at radius 3 is 2.34 bits per heavy atom. The van der Waals surface area contributed by atoms with Crippen molar-refractivity contribution in [2.24, 2.45) is 0 Å². The fourth-order valence-corrected chi connectivity index (χ4v) is 4.81. The third-order valence-corrected chi connectivity index (χ3v) is 6.61. The Kier molecular flexibility index (Phi) is 5.62. The summed E-state index contributed by atoms with van der Waals surface area (Å²) < 4.78 is 0. The van der Waals surface area contributed by atoms with E-state index in [2.05, 4.69) is 16.1 Å². The van der Waals surface area contributed by atoms with Crippen LogP contribution in [-0.2, 0) is 19.9 Å². The average Bonchev–Trinajstić information content (AvgIpc) is 3.42. The number of hydrazine groups is 1. The minimum atomic E-state index is -1.23. The van der Waals surface area contributed by atoms with E-state index in [1.54, 1.807) is 31.2 Å². The number of nitrogens with one attached hydrogen (secondary N) is 3. The van der Waals surface area contributed by atoms with E-state index in [9.17, 15) is 24.0 Å². The van der Waals surface area contributed by atoms with Crippen LogP contribution in [0.15, 0.2) is 30.3 Å². The number of benzene rings is 1. The van der Waals surface area contributed by atoms with Crippen molar-refractivity contribution in [1.29, 1.82) is 0 Å². The molecule has 1 aromatic rings. The molecule has 10 heteroatoms. The number of amides is 7. The molecule has 4 rings (SSSR count). The third kappa shape index (κ3) is 3.49. The Labute approximate surface area is 185 Å². The standard InChI is InChI=1S/C22H27N5O5/c1-2-22(15-9-4-3-5-10-15)18(30)27(20(32)24-22)25-16(28)11-8-14-26-17(29)21(23-19(26)31)12-6-7-13-21/h3-5,9-10H,2,6-8,11-14H2,1H3,(H,23,31)(H,24,32)(H,25,28)/t22-/m1/s1. The SMILES string of the molecule is CC[C@]1(c2ccccc2)NC(=O)N(NC(=O)CCCN2C(=O)NC3(CCCC3)C2=O)C1=O. The van der Waals surface area contributed by atoms with Crippen LogP contribution in [0.5, 0.6) is 0 Å². The zero-order valence-corrected chi connectivity index (χ0v) is 18.0. The number of imide groups is 2. The molecular weight excluding hydrogens is 414 g/mol. The van der Waals surface area contributed by atoms with E-state index >= 15 is 0 Å². The molecule has 2 saturated heterocycles. The second-order valence-electron chi connectivity index (χ2n) is 8.51. The van der Waals surface area contributed by atoms with Crippen molar-refractivity contribution in [1.82, 2.24) is 26.0 Å². The molecule has 1 atom stereocenters. The first kappa shape index (κ1) is 21.8. The molecule has 1 saturated carbocycles. The normalized spacial score (nSPS) is 24.3. The van der Waals surface area contributed by atoms with E-state index < -0.39 is 35.0 Å². The summed E-state index contributed by atoms with van der Waals surface area (Å²) in [5.41, 5.74) is 0.986. The number of nitrogens with zero attached hydrogens (tertiary/aromatic N) is 2. The van der Waals surface area contributed by atoms with Crippen LogP contribution in [0.3, 0.4) is 0 Å². The Bertz CT molecular complexity index is 959. The largest absolute Gasteiger partial charge is 0.344 e. The van der Waals surface area contributed by atoms with Gasteiger partial charge in [0.15, 0.2) is 0 Å². The molecule has 0 aromatic heterocycles. The maximum absolute atomic E-state index is 13.0. The Morgan fingerprint density at radius 1 is 1.00 bits per heavy atom. The number of rotatable bonds is 7. The molecule has 3 N–H and O–H groups in total. The van der Waals surface area contributed by atoms with Crippen LogP contribution in [0.1, 0.15) is 57.4 Å². The number of hydrogen-bond donors (Lipinski definition) is 3. The quantitative estimate of drug-likeness (QED) is 0.553. The summed E-state index contributed by atoms with van der Waals surface area (Å²) >= 11 is 0. The fraction of sp³-hybridized carbons (Fsp3) is 0.500. The highest BCUT2D eigenvalue weighted by Gasteiger charge is 2.53. The van der Waals surface area contributed by atoms with Gasteiger partial charge in [-0.3, -0.25) is 24.7 Å². The fourth-order valence-electron chi connectivity index (χ4n) is 4.81. The van der Waals surface area contributed by atoms with Crippen molar-refractivity contribution in [3.63, 3.8) is 0 Å². The Balaban J connectivity index is 1.33. The van der Waals surface area contributed by atoms with Crippen molar-refractivity contribution in [3.8, 4) is 0 Å². The van der Waals surface area contributed by atoms with Gasteiger partial charge in [0.25, 0.3) is 11.8 Å². The van der Waals surface area contributed by atoms with Crippen molar-refractivity contribution in [2.45, 2.75) is 62.9 Å². The van der Waals surface area contributed by atoms with Gasteiger partial charge in [-0.1, -0.05) is 50.1 Å². The summed E-state index contributed by atoms with van der Waals surface area (Å²) in [4.78, 5) is 63.9. The van der Waals surface area contributed by atoms with Gasteiger partial charge in [-0.15, -0.1) is 0 Å². The lowest BCUT2D eigenvalue weighted by Crippen LogP contribution is -2.48. The van der Waals surface area contributed by atoms with Crippen LogP contribution >= 0.6 is 0 Å². The molecular formula is C22H27N5O5. The lowest BCUT2D eigenvalue weighted by molar-refractivity contribution is -0.139. The lowest BCUT2D eigenvalue weighted by Gasteiger charge is -2.25. The van der Waals surface area contributed by atoms with Gasteiger partial charge >= 0.3 is 12.1 Å². The first-order valence-electron chi connectivity index (χ1n) is 11.0. The van der Waals surface area contributed by atoms with Crippen LogP contribution in [0.25, 0.3) is 0 Å². The minimum absolute atomic E-state index is 0.0500. The van der Waals surface area contributed by atoms with E-state index in [1.807, 2.05) is 6.07 Å². The number of carbonyl (C=O) groups excluding carboxylic acids is 5. The summed E-state index contributed by atoms with van der Waals surface area (Å²) in [5.74, 6) is -1.33. The van der Waals surface area contributed by atoms with Gasteiger partial charge in [0.1, 0.15) is 11.1 Å². The molecule has 1 aromatic carbocycles. The molecule has 32 heavy (non-hydrogen) atoms. The van der Waals surface area contributed by atoms with Gasteiger partial charge in [-0.25, -0.2) is 9.59 Å². The number of hydrogen-bond acceptors (Lipinski definition) is 5. The van der Waals surface area contributed by atoms with Crippen LogP contribution < -0.4 is 16.1 Å². The lowest BCUT2D eigenvalue weighted by atomic mass is 9.87. The summed E-state index contributed by atoms with van der Waals surface area (Å²) in [6.07, 6.45) is 3.57. The summed E-state index contributed by atoms with van der Waals surface area (Å²) in [7, 11) is 0. The zero-order chi connectivity index (χ0) is 22.9. The van der Waals surface area contributed by atoms with Crippen LogP contribution in [0.2, 0.25) is 0 Å². The van der Waals surface area contributed by atoms with E-state index in [-0.39, 0.29) is 25.3 Å². The highest BCUT2D eigenvalue weighted by molar-refractivity contribution is 6.08. The smallest absolute Gasteiger partial charge is 0.323 e. The second kappa shape index (κ2) is 8.25. The van der Waals surface area contributed by atoms with Crippen LogP contribution in [0, 0.1) is 0 Å². The van der Waals surface area contributed by atoms with E-state index in [0.29, 0.717) is 29.8 Å². The molecule has 10 nitrogen and oxygen atoms in total. The number of carbonyl (C=O) groups is 5.